The van der Waals surface area contributed by atoms with Crippen LogP contribution >= 0.6 is 0 Å². The number of rotatable bonds is 2. The van der Waals surface area contributed by atoms with Gasteiger partial charge >= 0.3 is 0 Å². The van der Waals surface area contributed by atoms with Crippen molar-refractivity contribution in [3.8, 4) is 12.3 Å². The highest BCUT2D eigenvalue weighted by molar-refractivity contribution is 5.68. The molecule has 14 heavy (non-hydrogen) atoms. The summed E-state index contributed by atoms with van der Waals surface area (Å²) < 4.78 is 0. The fraction of sp³-hybridized carbons (Fsp3) is 0.273. The summed E-state index contributed by atoms with van der Waals surface area (Å²) in [6.07, 6.45) is 5.28. The Bertz CT molecular complexity index is 363. The zero-order chi connectivity index (χ0) is 10.7. The summed E-state index contributed by atoms with van der Waals surface area (Å²) >= 11 is 0. The van der Waals surface area contributed by atoms with Gasteiger partial charge in [-0.25, -0.2) is 5.01 Å². The van der Waals surface area contributed by atoms with Crippen LogP contribution in [0.5, 0.6) is 0 Å². The maximum absolute atomic E-state index is 5.87. The van der Waals surface area contributed by atoms with E-state index in [2.05, 4.69) is 5.92 Å². The second-order valence-corrected chi connectivity index (χ2v) is 3.29. The molecule has 0 bridgehead atoms. The SMILES string of the molecule is C#Cc1ccc(N(C)N(C)C)c(N)c1. The van der Waals surface area contributed by atoms with Crippen LogP contribution in [0.1, 0.15) is 5.56 Å². The van der Waals surface area contributed by atoms with E-state index in [1.165, 1.54) is 0 Å². The van der Waals surface area contributed by atoms with E-state index in [9.17, 15) is 0 Å². The number of nitrogen functional groups attached to an aromatic ring is 1. The van der Waals surface area contributed by atoms with Crippen molar-refractivity contribution in [2.45, 2.75) is 0 Å². The minimum Gasteiger partial charge on any atom is -0.397 e. The van der Waals surface area contributed by atoms with Gasteiger partial charge in [0.2, 0.25) is 0 Å². The number of nitrogens with zero attached hydrogens (tertiary/aromatic N) is 2. The molecule has 0 spiro atoms. The van der Waals surface area contributed by atoms with Gasteiger partial charge in [0.1, 0.15) is 0 Å². The van der Waals surface area contributed by atoms with Gasteiger partial charge in [-0.2, -0.15) is 0 Å². The lowest BCUT2D eigenvalue weighted by Crippen LogP contribution is -2.33. The number of anilines is 2. The smallest absolute Gasteiger partial charge is 0.0748 e. The van der Waals surface area contributed by atoms with Crippen molar-refractivity contribution in [3.05, 3.63) is 23.8 Å². The highest BCUT2D eigenvalue weighted by Gasteiger charge is 2.06. The van der Waals surface area contributed by atoms with Crippen LogP contribution in [0, 0.1) is 12.3 Å². The maximum Gasteiger partial charge on any atom is 0.0748 e. The standard InChI is InChI=1S/C11H15N3/c1-5-9-6-7-11(10(12)8-9)14(4)13(2)3/h1,6-8H,12H2,2-4H3. The predicted octanol–water partition coefficient (Wildman–Crippen LogP) is 1.16. The lowest BCUT2D eigenvalue weighted by molar-refractivity contribution is 0.398. The summed E-state index contributed by atoms with van der Waals surface area (Å²) in [5.41, 5.74) is 8.32. The lowest BCUT2D eigenvalue weighted by atomic mass is 10.2. The average molecular weight is 189 g/mol. The fourth-order valence-corrected chi connectivity index (χ4v) is 1.15. The van der Waals surface area contributed by atoms with Crippen molar-refractivity contribution < 1.29 is 0 Å². The van der Waals surface area contributed by atoms with E-state index in [0.717, 1.165) is 11.3 Å². The Balaban J connectivity index is 3.07. The number of hydrazine groups is 1. The molecule has 0 amide bonds. The Hall–Kier alpha value is -1.66. The van der Waals surface area contributed by atoms with Crippen LogP contribution in [0.2, 0.25) is 0 Å². The molecule has 0 aromatic heterocycles. The summed E-state index contributed by atoms with van der Waals surface area (Å²) in [7, 11) is 5.85. The van der Waals surface area contributed by atoms with Gasteiger partial charge in [0.15, 0.2) is 0 Å². The van der Waals surface area contributed by atoms with E-state index < -0.39 is 0 Å². The van der Waals surface area contributed by atoms with Crippen molar-refractivity contribution in [1.82, 2.24) is 5.01 Å². The predicted molar refractivity (Wildman–Crippen MR) is 60.9 cm³/mol. The first-order chi connectivity index (χ1) is 6.56. The summed E-state index contributed by atoms with van der Waals surface area (Å²) in [5.74, 6) is 2.55. The van der Waals surface area contributed by atoms with Gasteiger partial charge in [0.25, 0.3) is 0 Å². The molecule has 0 radical (unpaired) electrons. The van der Waals surface area contributed by atoms with Gasteiger partial charge in [-0.1, -0.05) is 5.92 Å². The molecule has 0 atom stereocenters. The third kappa shape index (κ3) is 1.98. The monoisotopic (exact) mass is 189 g/mol. The second-order valence-electron chi connectivity index (χ2n) is 3.29. The normalized spacial score (nSPS) is 9.93. The summed E-state index contributed by atoms with van der Waals surface area (Å²) in [6.45, 7) is 0. The first kappa shape index (κ1) is 10.4. The van der Waals surface area contributed by atoms with Crippen LogP contribution in [0.25, 0.3) is 0 Å². The van der Waals surface area contributed by atoms with Crippen LogP contribution in [0.4, 0.5) is 11.4 Å². The van der Waals surface area contributed by atoms with Crippen molar-refractivity contribution in [2.24, 2.45) is 0 Å². The Morgan fingerprint density at radius 2 is 1.93 bits per heavy atom. The second kappa shape index (κ2) is 4.03. The Morgan fingerprint density at radius 1 is 1.29 bits per heavy atom. The van der Waals surface area contributed by atoms with Crippen LogP contribution < -0.4 is 10.7 Å². The average Bonchev–Trinajstić information content (AvgIpc) is 2.16. The molecule has 1 aromatic carbocycles. The van der Waals surface area contributed by atoms with Crippen LogP contribution in [0.15, 0.2) is 18.2 Å². The van der Waals surface area contributed by atoms with E-state index in [1.807, 2.05) is 43.3 Å². The van der Waals surface area contributed by atoms with E-state index in [0.29, 0.717) is 5.69 Å². The molecule has 3 nitrogen and oxygen atoms in total. The molecular weight excluding hydrogens is 174 g/mol. The molecule has 0 saturated heterocycles. The molecule has 0 unspecified atom stereocenters. The number of hydrogen-bond donors (Lipinski definition) is 1. The molecule has 0 aliphatic carbocycles. The molecule has 0 aliphatic rings. The number of terminal acetylenes is 1. The highest BCUT2D eigenvalue weighted by atomic mass is 15.6. The molecule has 0 heterocycles. The van der Waals surface area contributed by atoms with E-state index in [-0.39, 0.29) is 0 Å². The highest BCUT2D eigenvalue weighted by Crippen LogP contribution is 2.23. The van der Waals surface area contributed by atoms with Gasteiger partial charge in [-0.05, 0) is 18.2 Å². The van der Waals surface area contributed by atoms with Crippen LogP contribution in [0.3, 0.4) is 0 Å². The van der Waals surface area contributed by atoms with Crippen LogP contribution in [-0.4, -0.2) is 26.2 Å². The molecule has 0 fully saturated rings. The first-order valence-corrected chi connectivity index (χ1v) is 4.33. The summed E-state index contributed by atoms with van der Waals surface area (Å²) in [4.78, 5) is 0. The Kier molecular flexibility index (Phi) is 3.00. The molecule has 0 aliphatic heterocycles. The largest absolute Gasteiger partial charge is 0.397 e. The molecule has 0 saturated carbocycles. The zero-order valence-corrected chi connectivity index (χ0v) is 8.78. The van der Waals surface area contributed by atoms with Gasteiger partial charge in [-0.3, -0.25) is 0 Å². The molecule has 74 valence electrons. The van der Waals surface area contributed by atoms with Gasteiger partial charge < -0.3 is 10.7 Å². The third-order valence-electron chi connectivity index (χ3n) is 2.14. The van der Waals surface area contributed by atoms with E-state index in [4.69, 9.17) is 12.2 Å². The van der Waals surface area contributed by atoms with E-state index in [1.54, 1.807) is 6.07 Å². The number of hydrogen-bond acceptors (Lipinski definition) is 3. The van der Waals surface area contributed by atoms with Gasteiger partial charge in [-0.15, -0.1) is 6.42 Å². The van der Waals surface area contributed by atoms with Crippen molar-refractivity contribution >= 4 is 11.4 Å². The van der Waals surface area contributed by atoms with Crippen molar-refractivity contribution in [3.63, 3.8) is 0 Å². The van der Waals surface area contributed by atoms with Crippen molar-refractivity contribution in [1.29, 1.82) is 0 Å². The van der Waals surface area contributed by atoms with Gasteiger partial charge in [0, 0.05) is 26.7 Å². The molecule has 3 heteroatoms. The van der Waals surface area contributed by atoms with Crippen molar-refractivity contribution in [2.75, 3.05) is 31.9 Å². The third-order valence-corrected chi connectivity index (χ3v) is 2.14. The molecule has 1 rings (SSSR count). The molecule has 2 N–H and O–H groups in total. The topological polar surface area (TPSA) is 32.5 Å². The Morgan fingerprint density at radius 3 is 2.36 bits per heavy atom. The van der Waals surface area contributed by atoms with Crippen LogP contribution in [-0.2, 0) is 0 Å². The Labute approximate surface area is 85.1 Å². The minimum atomic E-state index is 0.691. The minimum absolute atomic E-state index is 0.691. The number of benzene rings is 1. The molecule has 1 aromatic rings. The fourth-order valence-electron chi connectivity index (χ4n) is 1.15. The lowest BCUT2D eigenvalue weighted by Gasteiger charge is -2.27. The number of nitrogens with two attached hydrogens (primary N) is 1. The molecular formula is C11H15N3. The van der Waals surface area contributed by atoms with Gasteiger partial charge in [0.05, 0.1) is 11.4 Å². The van der Waals surface area contributed by atoms with E-state index >= 15 is 0 Å². The summed E-state index contributed by atoms with van der Waals surface area (Å²) in [6, 6.07) is 5.60. The summed E-state index contributed by atoms with van der Waals surface area (Å²) in [5, 5.41) is 3.90. The first-order valence-electron chi connectivity index (χ1n) is 4.33. The maximum atomic E-state index is 5.87. The quantitative estimate of drug-likeness (QED) is 0.430. The zero-order valence-electron chi connectivity index (χ0n) is 8.78.